The Morgan fingerprint density at radius 2 is 1.95 bits per heavy atom. The van der Waals surface area contributed by atoms with E-state index in [1.54, 1.807) is 0 Å². The van der Waals surface area contributed by atoms with Crippen LogP contribution in [0.25, 0.3) is 0 Å². The van der Waals surface area contributed by atoms with E-state index in [2.05, 4.69) is 16.0 Å². The number of rotatable bonds is 2. The third-order valence-electron chi connectivity index (χ3n) is 3.10. The van der Waals surface area contributed by atoms with E-state index in [0.29, 0.717) is 12.2 Å². The van der Waals surface area contributed by atoms with E-state index in [-0.39, 0.29) is 6.04 Å². The third kappa shape index (κ3) is 4.12. The standard InChI is InChI=1S/C13H16F3N3O/c14-13(15,16)9-3-5-10(6-4-9)18-12(20)19-11-2-1-7-17-8-11/h3-6,11,17H,1-2,7-8H2,(H2,18,19,20)/t11-/m0/s1. The van der Waals surface area contributed by atoms with Gasteiger partial charge in [0.1, 0.15) is 0 Å². The average Bonchev–Trinajstić information content (AvgIpc) is 2.39. The van der Waals surface area contributed by atoms with E-state index in [4.69, 9.17) is 0 Å². The lowest BCUT2D eigenvalue weighted by atomic mass is 10.1. The Labute approximate surface area is 114 Å². The van der Waals surface area contributed by atoms with E-state index >= 15 is 0 Å². The van der Waals surface area contributed by atoms with Crippen LogP contribution in [0.2, 0.25) is 0 Å². The van der Waals surface area contributed by atoms with E-state index in [1.165, 1.54) is 12.1 Å². The molecule has 0 saturated carbocycles. The Morgan fingerprint density at radius 3 is 2.50 bits per heavy atom. The van der Waals surface area contributed by atoms with Crippen LogP contribution < -0.4 is 16.0 Å². The van der Waals surface area contributed by atoms with Crippen molar-refractivity contribution < 1.29 is 18.0 Å². The Kier molecular flexibility index (Phi) is 4.49. The smallest absolute Gasteiger partial charge is 0.334 e. The highest BCUT2D eigenvalue weighted by atomic mass is 19.4. The van der Waals surface area contributed by atoms with Gasteiger partial charge in [-0.15, -0.1) is 0 Å². The topological polar surface area (TPSA) is 53.2 Å². The molecule has 2 amide bonds. The van der Waals surface area contributed by atoms with E-state index in [0.717, 1.165) is 31.5 Å². The lowest BCUT2D eigenvalue weighted by molar-refractivity contribution is -0.137. The van der Waals surface area contributed by atoms with Crippen molar-refractivity contribution in [3.05, 3.63) is 29.8 Å². The zero-order valence-corrected chi connectivity index (χ0v) is 10.8. The Hall–Kier alpha value is -1.76. The van der Waals surface area contributed by atoms with E-state index < -0.39 is 17.8 Å². The van der Waals surface area contributed by atoms with Crippen molar-refractivity contribution in [3.8, 4) is 0 Å². The van der Waals surface area contributed by atoms with Gasteiger partial charge in [-0.3, -0.25) is 0 Å². The average molecular weight is 287 g/mol. The second-order valence-corrected chi connectivity index (χ2v) is 4.72. The molecule has 1 aromatic rings. The normalized spacial score (nSPS) is 19.4. The first-order valence-electron chi connectivity index (χ1n) is 6.40. The lowest BCUT2D eigenvalue weighted by Crippen LogP contribution is -2.47. The van der Waals surface area contributed by atoms with Gasteiger partial charge in [-0.1, -0.05) is 0 Å². The summed E-state index contributed by atoms with van der Waals surface area (Å²) in [6, 6.07) is 4.01. The molecule has 1 aliphatic rings. The van der Waals surface area contributed by atoms with Crippen LogP contribution in [0.15, 0.2) is 24.3 Å². The molecule has 1 aromatic carbocycles. The molecule has 1 atom stereocenters. The fourth-order valence-corrected chi connectivity index (χ4v) is 2.07. The van der Waals surface area contributed by atoms with Gasteiger partial charge in [0.15, 0.2) is 0 Å². The van der Waals surface area contributed by atoms with Gasteiger partial charge in [0.25, 0.3) is 0 Å². The number of anilines is 1. The van der Waals surface area contributed by atoms with E-state index in [1.807, 2.05) is 0 Å². The Balaban J connectivity index is 1.87. The van der Waals surface area contributed by atoms with Crippen LogP contribution in [-0.2, 0) is 6.18 Å². The van der Waals surface area contributed by atoms with Crippen molar-refractivity contribution in [1.82, 2.24) is 10.6 Å². The second kappa shape index (κ2) is 6.13. The minimum atomic E-state index is -4.37. The van der Waals surface area contributed by atoms with Crippen molar-refractivity contribution in [2.24, 2.45) is 0 Å². The number of amides is 2. The summed E-state index contributed by atoms with van der Waals surface area (Å²) in [5.74, 6) is 0. The van der Waals surface area contributed by atoms with Crippen molar-refractivity contribution in [2.75, 3.05) is 18.4 Å². The maximum Gasteiger partial charge on any atom is 0.416 e. The largest absolute Gasteiger partial charge is 0.416 e. The minimum Gasteiger partial charge on any atom is -0.334 e. The van der Waals surface area contributed by atoms with Crippen LogP contribution in [0.1, 0.15) is 18.4 Å². The van der Waals surface area contributed by atoms with Gasteiger partial charge < -0.3 is 16.0 Å². The van der Waals surface area contributed by atoms with Gasteiger partial charge >= 0.3 is 12.2 Å². The fourth-order valence-electron chi connectivity index (χ4n) is 2.07. The number of hydrogen-bond donors (Lipinski definition) is 3. The van der Waals surface area contributed by atoms with Crippen LogP contribution in [0.3, 0.4) is 0 Å². The van der Waals surface area contributed by atoms with Crippen LogP contribution in [0.4, 0.5) is 23.7 Å². The molecule has 1 heterocycles. The van der Waals surface area contributed by atoms with Gasteiger partial charge in [-0.2, -0.15) is 13.2 Å². The molecule has 4 nitrogen and oxygen atoms in total. The van der Waals surface area contributed by atoms with Gasteiger partial charge in [0.2, 0.25) is 0 Å². The van der Waals surface area contributed by atoms with Gasteiger partial charge in [0.05, 0.1) is 5.56 Å². The number of benzene rings is 1. The van der Waals surface area contributed by atoms with Gasteiger partial charge in [0, 0.05) is 18.3 Å². The molecule has 0 aliphatic carbocycles. The van der Waals surface area contributed by atoms with Crippen molar-refractivity contribution in [1.29, 1.82) is 0 Å². The second-order valence-electron chi connectivity index (χ2n) is 4.72. The highest BCUT2D eigenvalue weighted by Crippen LogP contribution is 2.29. The number of alkyl halides is 3. The summed E-state index contributed by atoms with van der Waals surface area (Å²) in [6.45, 7) is 1.65. The number of carbonyl (C=O) groups is 1. The molecule has 7 heteroatoms. The predicted octanol–water partition coefficient (Wildman–Crippen LogP) is 2.58. The summed E-state index contributed by atoms with van der Waals surface area (Å²) >= 11 is 0. The first kappa shape index (κ1) is 14.6. The molecule has 1 fully saturated rings. The maximum absolute atomic E-state index is 12.4. The predicted molar refractivity (Wildman–Crippen MR) is 69.5 cm³/mol. The van der Waals surface area contributed by atoms with Crippen LogP contribution >= 0.6 is 0 Å². The summed E-state index contributed by atoms with van der Waals surface area (Å²) in [5.41, 5.74) is -0.404. The molecule has 20 heavy (non-hydrogen) atoms. The van der Waals surface area contributed by atoms with Gasteiger partial charge in [-0.05, 0) is 43.7 Å². The molecule has 0 spiro atoms. The number of piperidine rings is 1. The molecule has 110 valence electrons. The molecule has 1 saturated heterocycles. The van der Waals surface area contributed by atoms with E-state index in [9.17, 15) is 18.0 Å². The number of carbonyl (C=O) groups excluding carboxylic acids is 1. The SMILES string of the molecule is O=C(Nc1ccc(C(F)(F)F)cc1)N[C@H]1CCCNC1. The van der Waals surface area contributed by atoms with Crippen LogP contribution in [0, 0.1) is 0 Å². The van der Waals surface area contributed by atoms with Crippen molar-refractivity contribution in [3.63, 3.8) is 0 Å². The molecule has 3 N–H and O–H groups in total. The van der Waals surface area contributed by atoms with Crippen molar-refractivity contribution >= 4 is 11.7 Å². The molecule has 0 bridgehead atoms. The molecule has 0 radical (unpaired) electrons. The first-order valence-corrected chi connectivity index (χ1v) is 6.40. The monoisotopic (exact) mass is 287 g/mol. The summed E-state index contributed by atoms with van der Waals surface area (Å²) in [7, 11) is 0. The Morgan fingerprint density at radius 1 is 1.25 bits per heavy atom. The molecule has 0 aromatic heterocycles. The first-order chi connectivity index (χ1) is 9.45. The highest BCUT2D eigenvalue weighted by Gasteiger charge is 2.30. The molecular formula is C13H16F3N3O. The number of nitrogens with one attached hydrogen (secondary N) is 3. The third-order valence-corrected chi connectivity index (χ3v) is 3.10. The minimum absolute atomic E-state index is 0.0539. The zero-order chi connectivity index (χ0) is 14.6. The quantitative estimate of drug-likeness (QED) is 0.783. The number of urea groups is 1. The number of hydrogen-bond acceptors (Lipinski definition) is 2. The van der Waals surface area contributed by atoms with Crippen LogP contribution in [-0.4, -0.2) is 25.2 Å². The van der Waals surface area contributed by atoms with Crippen LogP contribution in [0.5, 0.6) is 0 Å². The van der Waals surface area contributed by atoms with Crippen molar-refractivity contribution in [2.45, 2.75) is 25.1 Å². The Bertz CT molecular complexity index is 453. The molecule has 1 aliphatic heterocycles. The fraction of sp³-hybridized carbons (Fsp3) is 0.462. The summed E-state index contributed by atoms with van der Waals surface area (Å²) in [4.78, 5) is 11.7. The molecule has 2 rings (SSSR count). The maximum atomic E-state index is 12.4. The lowest BCUT2D eigenvalue weighted by Gasteiger charge is -2.23. The summed E-state index contributed by atoms with van der Waals surface area (Å²) < 4.78 is 37.2. The zero-order valence-electron chi connectivity index (χ0n) is 10.8. The summed E-state index contributed by atoms with van der Waals surface area (Å²) in [5, 5.41) is 8.46. The number of halogens is 3. The molecule has 0 unspecified atom stereocenters. The summed E-state index contributed by atoms with van der Waals surface area (Å²) in [6.07, 6.45) is -2.48. The highest BCUT2D eigenvalue weighted by molar-refractivity contribution is 5.89. The molecular weight excluding hydrogens is 271 g/mol. The van der Waals surface area contributed by atoms with Gasteiger partial charge in [-0.25, -0.2) is 4.79 Å².